The number of Topliss-reactive ketones (excluding diaryl/α,β-unsaturated/α-hetero) is 1. The Morgan fingerprint density at radius 2 is 2.55 bits per heavy atom. The van der Waals surface area contributed by atoms with Crippen molar-refractivity contribution in [2.45, 2.75) is 13.3 Å². The third-order valence-corrected chi connectivity index (χ3v) is 1.94. The van der Waals surface area contributed by atoms with E-state index in [9.17, 15) is 4.79 Å². The van der Waals surface area contributed by atoms with Gasteiger partial charge in [-0.1, -0.05) is 6.92 Å². The van der Waals surface area contributed by atoms with E-state index in [0.717, 1.165) is 19.7 Å². The molecular weight excluding hydrogens is 142 g/mol. The molecule has 0 saturated carbocycles. The van der Waals surface area contributed by atoms with Gasteiger partial charge in [-0.2, -0.15) is 0 Å². The van der Waals surface area contributed by atoms with Crippen molar-refractivity contribution < 1.29 is 9.53 Å². The molecule has 1 aliphatic heterocycles. The lowest BCUT2D eigenvalue weighted by Crippen LogP contribution is -2.28. The van der Waals surface area contributed by atoms with Crippen LogP contribution in [0, 0.1) is 5.92 Å². The summed E-state index contributed by atoms with van der Waals surface area (Å²) in [4.78, 5) is 11.2. The highest BCUT2D eigenvalue weighted by Gasteiger charge is 2.18. The minimum absolute atomic E-state index is 0.0856. The molecule has 1 fully saturated rings. The molecule has 0 bridgehead atoms. The molecule has 0 aromatic heterocycles. The number of hydrogen-bond acceptors (Lipinski definition) is 3. The van der Waals surface area contributed by atoms with E-state index in [1.165, 1.54) is 0 Å². The van der Waals surface area contributed by atoms with Crippen LogP contribution in [0.4, 0.5) is 0 Å². The molecule has 0 amide bonds. The maximum absolute atomic E-state index is 11.2. The number of hydrogen-bond donors (Lipinski definition) is 1. The van der Waals surface area contributed by atoms with E-state index in [-0.39, 0.29) is 5.92 Å². The number of ether oxygens (including phenoxy) is 1. The van der Waals surface area contributed by atoms with E-state index in [4.69, 9.17) is 4.74 Å². The van der Waals surface area contributed by atoms with Gasteiger partial charge in [0, 0.05) is 19.5 Å². The first-order valence-electron chi connectivity index (χ1n) is 4.15. The molecule has 1 unspecified atom stereocenters. The van der Waals surface area contributed by atoms with Crippen LogP contribution in [0.5, 0.6) is 0 Å². The van der Waals surface area contributed by atoms with Crippen LogP contribution in [0.1, 0.15) is 13.3 Å². The second kappa shape index (κ2) is 4.46. The van der Waals surface area contributed by atoms with Crippen LogP contribution in [0.15, 0.2) is 0 Å². The second-order valence-corrected chi connectivity index (χ2v) is 2.80. The summed E-state index contributed by atoms with van der Waals surface area (Å²) in [5.74, 6) is 0.391. The highest BCUT2D eigenvalue weighted by atomic mass is 16.5. The van der Waals surface area contributed by atoms with E-state index in [1.807, 2.05) is 6.92 Å². The molecule has 1 saturated heterocycles. The third-order valence-electron chi connectivity index (χ3n) is 1.94. The molecule has 3 nitrogen and oxygen atoms in total. The van der Waals surface area contributed by atoms with Crippen LogP contribution < -0.4 is 5.32 Å². The standard InChI is InChI=1S/C8H15NO2/c1-2-8(10)7-5-9-3-4-11-6-7/h7,9H,2-6H2,1H3. The predicted molar refractivity (Wildman–Crippen MR) is 42.5 cm³/mol. The van der Waals surface area contributed by atoms with Crippen LogP contribution >= 0.6 is 0 Å². The fourth-order valence-corrected chi connectivity index (χ4v) is 1.20. The normalized spacial score (nSPS) is 26.1. The molecule has 0 aromatic carbocycles. The van der Waals surface area contributed by atoms with E-state index in [2.05, 4.69) is 5.32 Å². The Bertz CT molecular complexity index is 128. The van der Waals surface area contributed by atoms with Gasteiger partial charge in [0.05, 0.1) is 19.1 Å². The highest BCUT2D eigenvalue weighted by Crippen LogP contribution is 2.03. The fourth-order valence-electron chi connectivity index (χ4n) is 1.20. The average Bonchev–Trinajstić information content (AvgIpc) is 2.30. The minimum Gasteiger partial charge on any atom is -0.379 e. The molecule has 0 aromatic rings. The molecule has 3 heteroatoms. The molecule has 0 radical (unpaired) electrons. The molecule has 1 aliphatic rings. The first kappa shape index (κ1) is 8.68. The zero-order chi connectivity index (χ0) is 8.10. The summed E-state index contributed by atoms with van der Waals surface area (Å²) in [5.41, 5.74) is 0. The number of carbonyl (C=O) groups excluding carboxylic acids is 1. The molecule has 64 valence electrons. The molecule has 1 N–H and O–H groups in total. The number of carbonyl (C=O) groups is 1. The fraction of sp³-hybridized carbons (Fsp3) is 0.875. The van der Waals surface area contributed by atoms with Crippen molar-refractivity contribution in [1.82, 2.24) is 5.32 Å². The lowest BCUT2D eigenvalue weighted by Gasteiger charge is -2.09. The summed E-state index contributed by atoms with van der Waals surface area (Å²) in [6.45, 7) is 4.88. The van der Waals surface area contributed by atoms with Crippen molar-refractivity contribution >= 4 is 5.78 Å². The lowest BCUT2D eigenvalue weighted by atomic mass is 10.0. The Morgan fingerprint density at radius 3 is 3.27 bits per heavy atom. The number of ketones is 1. The Hall–Kier alpha value is -0.410. The smallest absolute Gasteiger partial charge is 0.139 e. The summed E-state index contributed by atoms with van der Waals surface area (Å²) in [6, 6.07) is 0. The van der Waals surface area contributed by atoms with E-state index < -0.39 is 0 Å². The Morgan fingerprint density at radius 1 is 1.73 bits per heavy atom. The monoisotopic (exact) mass is 157 g/mol. The van der Waals surface area contributed by atoms with E-state index in [1.54, 1.807) is 0 Å². The van der Waals surface area contributed by atoms with Crippen molar-refractivity contribution in [3.05, 3.63) is 0 Å². The molecule has 1 heterocycles. The van der Waals surface area contributed by atoms with Gasteiger partial charge >= 0.3 is 0 Å². The molecular formula is C8H15NO2. The SMILES string of the molecule is CCC(=O)C1CNCCOC1. The molecule has 1 rings (SSSR count). The van der Waals surface area contributed by atoms with Crippen molar-refractivity contribution in [1.29, 1.82) is 0 Å². The Labute approximate surface area is 67.1 Å². The van der Waals surface area contributed by atoms with Crippen LogP contribution in [-0.2, 0) is 9.53 Å². The topological polar surface area (TPSA) is 38.3 Å². The van der Waals surface area contributed by atoms with Gasteiger partial charge in [0.25, 0.3) is 0 Å². The van der Waals surface area contributed by atoms with Gasteiger partial charge in [-0.05, 0) is 0 Å². The lowest BCUT2D eigenvalue weighted by molar-refractivity contribution is -0.123. The van der Waals surface area contributed by atoms with Gasteiger partial charge in [-0.3, -0.25) is 4.79 Å². The molecule has 0 spiro atoms. The summed E-state index contributed by atoms with van der Waals surface area (Å²) in [5, 5.41) is 3.17. The predicted octanol–water partition coefficient (Wildman–Crippen LogP) is 0.201. The zero-order valence-electron chi connectivity index (χ0n) is 6.93. The van der Waals surface area contributed by atoms with Crippen LogP contribution in [0.25, 0.3) is 0 Å². The average molecular weight is 157 g/mol. The van der Waals surface area contributed by atoms with Gasteiger partial charge in [-0.25, -0.2) is 0 Å². The van der Waals surface area contributed by atoms with Crippen molar-refractivity contribution in [2.75, 3.05) is 26.3 Å². The zero-order valence-corrected chi connectivity index (χ0v) is 6.93. The van der Waals surface area contributed by atoms with Crippen LogP contribution in [-0.4, -0.2) is 32.1 Å². The molecule has 1 atom stereocenters. The van der Waals surface area contributed by atoms with E-state index >= 15 is 0 Å². The van der Waals surface area contributed by atoms with Gasteiger partial charge in [0.2, 0.25) is 0 Å². The summed E-state index contributed by atoms with van der Waals surface area (Å²) in [6.07, 6.45) is 0.621. The maximum atomic E-state index is 11.2. The van der Waals surface area contributed by atoms with Crippen LogP contribution in [0.2, 0.25) is 0 Å². The maximum Gasteiger partial charge on any atom is 0.139 e. The molecule has 11 heavy (non-hydrogen) atoms. The largest absolute Gasteiger partial charge is 0.379 e. The van der Waals surface area contributed by atoms with Gasteiger partial charge in [0.15, 0.2) is 0 Å². The number of rotatable bonds is 2. The number of nitrogens with one attached hydrogen (secondary N) is 1. The second-order valence-electron chi connectivity index (χ2n) is 2.80. The van der Waals surface area contributed by atoms with Gasteiger partial charge in [0.1, 0.15) is 5.78 Å². The molecule has 0 aliphatic carbocycles. The summed E-state index contributed by atoms with van der Waals surface area (Å²) < 4.78 is 5.25. The van der Waals surface area contributed by atoms with Crippen molar-refractivity contribution in [3.63, 3.8) is 0 Å². The highest BCUT2D eigenvalue weighted by molar-refractivity contribution is 5.81. The Balaban J connectivity index is 2.36. The third kappa shape index (κ3) is 2.60. The van der Waals surface area contributed by atoms with Crippen LogP contribution in [0.3, 0.4) is 0 Å². The quantitative estimate of drug-likeness (QED) is 0.622. The first-order chi connectivity index (χ1) is 5.34. The van der Waals surface area contributed by atoms with Gasteiger partial charge in [-0.15, -0.1) is 0 Å². The summed E-state index contributed by atoms with van der Waals surface area (Å²) in [7, 11) is 0. The van der Waals surface area contributed by atoms with Crippen molar-refractivity contribution in [2.24, 2.45) is 5.92 Å². The Kier molecular flexibility index (Phi) is 3.52. The summed E-state index contributed by atoms with van der Waals surface area (Å²) >= 11 is 0. The van der Waals surface area contributed by atoms with Gasteiger partial charge < -0.3 is 10.1 Å². The van der Waals surface area contributed by atoms with Crippen molar-refractivity contribution in [3.8, 4) is 0 Å². The van der Waals surface area contributed by atoms with E-state index in [0.29, 0.717) is 18.8 Å². The minimum atomic E-state index is 0.0856. The first-order valence-corrected chi connectivity index (χ1v) is 4.15.